The molecular weight excluding hydrogens is 556 g/mol. The smallest absolute Gasteiger partial charge is 0.306 e. The van der Waals surface area contributed by atoms with Gasteiger partial charge in [-0.15, -0.1) is 0 Å². The number of esters is 1. The number of aliphatic carboxylic acids is 1. The number of allylic oxidation sites excluding steroid dienone is 8. The Morgan fingerprint density at radius 1 is 0.489 bits per heavy atom. The van der Waals surface area contributed by atoms with E-state index in [0.717, 1.165) is 89.9 Å². The summed E-state index contributed by atoms with van der Waals surface area (Å²) in [5.74, 6) is -0.725. The molecule has 0 aromatic heterocycles. The van der Waals surface area contributed by atoms with Gasteiger partial charge in [0.1, 0.15) is 6.10 Å². The lowest BCUT2D eigenvalue weighted by Gasteiger charge is -2.18. The van der Waals surface area contributed by atoms with Crippen LogP contribution in [-0.4, -0.2) is 23.1 Å². The maximum Gasteiger partial charge on any atom is 0.306 e. The van der Waals surface area contributed by atoms with Crippen molar-refractivity contribution < 1.29 is 19.4 Å². The van der Waals surface area contributed by atoms with E-state index < -0.39 is 5.97 Å². The average molecular weight is 629 g/mol. The van der Waals surface area contributed by atoms with Crippen molar-refractivity contribution in [3.63, 3.8) is 0 Å². The summed E-state index contributed by atoms with van der Waals surface area (Å²) < 4.78 is 5.94. The zero-order valence-corrected chi connectivity index (χ0v) is 29.7. The highest BCUT2D eigenvalue weighted by molar-refractivity contribution is 5.69. The maximum atomic E-state index is 12.6. The van der Waals surface area contributed by atoms with Crippen LogP contribution >= 0.6 is 0 Å². The van der Waals surface area contributed by atoms with E-state index in [1.807, 2.05) is 0 Å². The first-order chi connectivity index (χ1) is 22.1. The summed E-state index contributed by atoms with van der Waals surface area (Å²) in [7, 11) is 0. The minimum absolute atomic E-state index is 0.0198. The number of carbonyl (C=O) groups excluding carboxylic acids is 1. The summed E-state index contributed by atoms with van der Waals surface area (Å²) in [6.45, 7) is 4.49. The van der Waals surface area contributed by atoms with Crippen molar-refractivity contribution in [2.24, 2.45) is 0 Å². The first-order valence-electron chi connectivity index (χ1n) is 19.1. The maximum absolute atomic E-state index is 12.6. The number of carboxylic acid groups (broad SMARTS) is 1. The Hall–Kier alpha value is -2.10. The van der Waals surface area contributed by atoms with Gasteiger partial charge in [0.15, 0.2) is 0 Å². The number of carboxylic acids is 1. The van der Waals surface area contributed by atoms with Crippen LogP contribution in [0, 0.1) is 0 Å². The van der Waals surface area contributed by atoms with E-state index in [2.05, 4.69) is 62.5 Å². The van der Waals surface area contributed by atoms with Gasteiger partial charge in [0.25, 0.3) is 0 Å². The van der Waals surface area contributed by atoms with E-state index in [0.29, 0.717) is 6.42 Å². The van der Waals surface area contributed by atoms with E-state index in [9.17, 15) is 9.59 Å². The normalized spacial score (nSPS) is 12.8. The van der Waals surface area contributed by atoms with Gasteiger partial charge in [0.2, 0.25) is 0 Å². The molecule has 0 amide bonds. The van der Waals surface area contributed by atoms with Gasteiger partial charge < -0.3 is 9.84 Å². The summed E-state index contributed by atoms with van der Waals surface area (Å²) in [6, 6.07) is 0. The second kappa shape index (κ2) is 36.4. The number of unbranched alkanes of at least 4 members (excludes halogenated alkanes) is 17. The molecule has 0 spiro atoms. The molecule has 45 heavy (non-hydrogen) atoms. The molecule has 0 aliphatic heterocycles. The molecule has 0 aliphatic carbocycles. The second-order valence-corrected chi connectivity index (χ2v) is 12.8. The van der Waals surface area contributed by atoms with Crippen molar-refractivity contribution in [1.82, 2.24) is 0 Å². The van der Waals surface area contributed by atoms with Crippen LogP contribution < -0.4 is 0 Å². The molecule has 0 aliphatic rings. The lowest BCUT2D eigenvalue weighted by atomic mass is 10.0. The largest absolute Gasteiger partial charge is 0.481 e. The molecule has 0 heterocycles. The van der Waals surface area contributed by atoms with E-state index in [1.54, 1.807) is 0 Å². The fourth-order valence-corrected chi connectivity index (χ4v) is 5.46. The van der Waals surface area contributed by atoms with Crippen LogP contribution in [0.3, 0.4) is 0 Å². The van der Waals surface area contributed by atoms with E-state index in [1.165, 1.54) is 77.0 Å². The molecule has 260 valence electrons. The molecule has 0 aromatic carbocycles. The summed E-state index contributed by atoms with van der Waals surface area (Å²) in [5, 5.41) is 8.78. The third-order valence-electron chi connectivity index (χ3n) is 8.30. The lowest BCUT2D eigenvalue weighted by Crippen LogP contribution is -2.18. The van der Waals surface area contributed by atoms with Crippen LogP contribution in [0.2, 0.25) is 0 Å². The Morgan fingerprint density at radius 2 is 0.867 bits per heavy atom. The zero-order valence-electron chi connectivity index (χ0n) is 29.7. The third kappa shape index (κ3) is 36.2. The van der Waals surface area contributed by atoms with Crippen LogP contribution in [0.1, 0.15) is 194 Å². The molecule has 1 unspecified atom stereocenters. The number of carbonyl (C=O) groups is 2. The van der Waals surface area contributed by atoms with Gasteiger partial charge in [-0.05, 0) is 83.5 Å². The SMILES string of the molecule is CCCCC/C=C\C/C=C\C/C=C\C/C=C\CCCCCCCC(=O)OC(CCCCCCCC)CCCCCCCC(=O)O. The Balaban J connectivity index is 3.91. The van der Waals surface area contributed by atoms with E-state index in [-0.39, 0.29) is 18.5 Å². The van der Waals surface area contributed by atoms with Crippen molar-refractivity contribution in [2.45, 2.75) is 200 Å². The molecule has 1 atom stereocenters. The van der Waals surface area contributed by atoms with Gasteiger partial charge in [-0.3, -0.25) is 9.59 Å². The Kier molecular flexibility index (Phi) is 34.7. The van der Waals surface area contributed by atoms with Crippen LogP contribution in [-0.2, 0) is 14.3 Å². The van der Waals surface area contributed by atoms with Gasteiger partial charge in [0, 0.05) is 12.8 Å². The molecule has 0 saturated heterocycles. The molecule has 0 rings (SSSR count). The van der Waals surface area contributed by atoms with Crippen LogP contribution in [0.5, 0.6) is 0 Å². The highest BCUT2D eigenvalue weighted by Crippen LogP contribution is 2.18. The zero-order chi connectivity index (χ0) is 32.9. The predicted octanol–water partition coefficient (Wildman–Crippen LogP) is 13.2. The minimum Gasteiger partial charge on any atom is -0.481 e. The molecule has 1 N–H and O–H groups in total. The lowest BCUT2D eigenvalue weighted by molar-refractivity contribution is -0.150. The number of ether oxygens (including phenoxy) is 1. The van der Waals surface area contributed by atoms with Crippen LogP contribution in [0.15, 0.2) is 48.6 Å². The van der Waals surface area contributed by atoms with Crippen molar-refractivity contribution >= 4 is 11.9 Å². The van der Waals surface area contributed by atoms with Crippen molar-refractivity contribution in [3.8, 4) is 0 Å². The molecular formula is C41H72O4. The van der Waals surface area contributed by atoms with Crippen molar-refractivity contribution in [2.75, 3.05) is 0 Å². The molecule has 0 bridgehead atoms. The fourth-order valence-electron chi connectivity index (χ4n) is 5.46. The third-order valence-corrected chi connectivity index (χ3v) is 8.30. The Bertz CT molecular complexity index is 763. The number of rotatable bonds is 34. The molecule has 0 fully saturated rings. The number of hydrogen-bond donors (Lipinski definition) is 1. The molecule has 4 nitrogen and oxygen atoms in total. The molecule has 0 saturated carbocycles. The summed E-state index contributed by atoms with van der Waals surface area (Å²) in [4.78, 5) is 23.2. The van der Waals surface area contributed by atoms with Crippen LogP contribution in [0.4, 0.5) is 0 Å². The standard InChI is InChI=1S/C41H72O4/c1-3-5-7-9-11-12-13-14-15-16-17-18-19-20-21-22-23-24-25-30-34-38-41(44)45-39(35-31-27-10-8-6-4-2)36-32-28-26-29-33-37-40(42)43/h11-12,14-15,17-18,20-21,39H,3-10,13,16,19,22-38H2,1-2H3,(H,42,43)/b12-11-,15-14-,18-17-,21-20-. The van der Waals surface area contributed by atoms with Crippen molar-refractivity contribution in [1.29, 1.82) is 0 Å². The number of hydrogen-bond acceptors (Lipinski definition) is 3. The summed E-state index contributed by atoms with van der Waals surface area (Å²) in [5.41, 5.74) is 0. The summed E-state index contributed by atoms with van der Waals surface area (Å²) in [6.07, 6.45) is 48.5. The van der Waals surface area contributed by atoms with Crippen LogP contribution in [0.25, 0.3) is 0 Å². The monoisotopic (exact) mass is 629 g/mol. The van der Waals surface area contributed by atoms with Gasteiger partial charge in [-0.2, -0.15) is 0 Å². The second-order valence-electron chi connectivity index (χ2n) is 12.8. The first kappa shape index (κ1) is 42.9. The quantitative estimate of drug-likeness (QED) is 0.0437. The average Bonchev–Trinajstić information content (AvgIpc) is 3.02. The fraction of sp³-hybridized carbons (Fsp3) is 0.756. The van der Waals surface area contributed by atoms with E-state index in [4.69, 9.17) is 9.84 Å². The van der Waals surface area contributed by atoms with Gasteiger partial charge >= 0.3 is 11.9 Å². The summed E-state index contributed by atoms with van der Waals surface area (Å²) >= 11 is 0. The van der Waals surface area contributed by atoms with Gasteiger partial charge in [-0.25, -0.2) is 0 Å². The topological polar surface area (TPSA) is 63.6 Å². The predicted molar refractivity (Wildman–Crippen MR) is 195 cm³/mol. The Labute approximate surface area is 279 Å². The molecule has 0 aromatic rings. The molecule has 4 heteroatoms. The van der Waals surface area contributed by atoms with Gasteiger partial charge in [0.05, 0.1) is 0 Å². The Morgan fingerprint density at radius 3 is 1.38 bits per heavy atom. The first-order valence-corrected chi connectivity index (χ1v) is 19.1. The van der Waals surface area contributed by atoms with E-state index >= 15 is 0 Å². The minimum atomic E-state index is -0.705. The highest BCUT2D eigenvalue weighted by atomic mass is 16.5. The van der Waals surface area contributed by atoms with Gasteiger partial charge in [-0.1, -0.05) is 146 Å². The molecule has 0 radical (unpaired) electrons. The van der Waals surface area contributed by atoms with Crippen molar-refractivity contribution in [3.05, 3.63) is 48.6 Å². The highest BCUT2D eigenvalue weighted by Gasteiger charge is 2.14.